The lowest BCUT2D eigenvalue weighted by Gasteiger charge is -2.38. The summed E-state index contributed by atoms with van der Waals surface area (Å²) in [6.07, 6.45) is 1.76. The fourth-order valence-corrected chi connectivity index (χ4v) is 6.03. The molecule has 1 atom stereocenters. The number of rotatable bonds is 6. The number of benzene rings is 2. The summed E-state index contributed by atoms with van der Waals surface area (Å²) in [6, 6.07) is 19.0. The molecule has 182 valence electrons. The lowest BCUT2D eigenvalue weighted by molar-refractivity contribution is -0.139. The fourth-order valence-electron chi connectivity index (χ4n) is 5.13. The van der Waals surface area contributed by atoms with E-state index in [1.54, 1.807) is 17.0 Å². The van der Waals surface area contributed by atoms with Crippen molar-refractivity contribution in [2.45, 2.75) is 25.3 Å². The Balaban J connectivity index is 1.14. The quantitative estimate of drug-likeness (QED) is 0.521. The standard InChI is InChI=1S/C28H30FN3O2S/c29-23-8-6-21(7-9-23)20-27(34)31-17-15-30(16-18-31)26(33)11-14-32-13-10-25-24(12-19-35-25)28(32)22-4-2-1-3-5-22/h1-9,12,19,28H,10-11,13-18,20H2/t28-/m0/s1. The first-order valence-electron chi connectivity index (χ1n) is 12.2. The summed E-state index contributed by atoms with van der Waals surface area (Å²) in [6.45, 7) is 3.87. The smallest absolute Gasteiger partial charge is 0.227 e. The van der Waals surface area contributed by atoms with Crippen LogP contribution in [0, 0.1) is 5.82 Å². The Morgan fingerprint density at radius 1 is 0.857 bits per heavy atom. The summed E-state index contributed by atoms with van der Waals surface area (Å²) < 4.78 is 13.1. The van der Waals surface area contributed by atoms with Gasteiger partial charge in [0.15, 0.2) is 0 Å². The van der Waals surface area contributed by atoms with Crippen LogP contribution in [0.5, 0.6) is 0 Å². The van der Waals surface area contributed by atoms with Gasteiger partial charge < -0.3 is 9.80 Å². The van der Waals surface area contributed by atoms with Gasteiger partial charge in [0, 0.05) is 50.6 Å². The molecule has 7 heteroatoms. The second kappa shape index (κ2) is 10.7. The number of fused-ring (bicyclic) bond motifs is 1. The molecule has 2 amide bonds. The maximum absolute atomic E-state index is 13.1. The van der Waals surface area contributed by atoms with Gasteiger partial charge in [-0.2, -0.15) is 0 Å². The third-order valence-electron chi connectivity index (χ3n) is 7.05. The Morgan fingerprint density at radius 2 is 1.54 bits per heavy atom. The topological polar surface area (TPSA) is 43.9 Å². The van der Waals surface area contributed by atoms with E-state index in [-0.39, 0.29) is 30.1 Å². The summed E-state index contributed by atoms with van der Waals surface area (Å²) in [5.41, 5.74) is 3.44. The van der Waals surface area contributed by atoms with E-state index in [1.807, 2.05) is 22.3 Å². The molecule has 3 aromatic rings. The summed E-state index contributed by atoms with van der Waals surface area (Å²) in [5, 5.41) is 2.17. The Kier molecular flexibility index (Phi) is 7.25. The molecular weight excluding hydrogens is 461 g/mol. The van der Waals surface area contributed by atoms with Gasteiger partial charge in [-0.15, -0.1) is 11.3 Å². The van der Waals surface area contributed by atoms with Gasteiger partial charge in [0.1, 0.15) is 5.82 Å². The van der Waals surface area contributed by atoms with Crippen LogP contribution in [0.15, 0.2) is 66.0 Å². The highest BCUT2D eigenvalue weighted by Gasteiger charge is 2.30. The van der Waals surface area contributed by atoms with Crippen molar-refractivity contribution in [3.8, 4) is 0 Å². The van der Waals surface area contributed by atoms with E-state index in [4.69, 9.17) is 0 Å². The van der Waals surface area contributed by atoms with Gasteiger partial charge in [0.05, 0.1) is 12.5 Å². The first-order chi connectivity index (χ1) is 17.1. The molecule has 5 nitrogen and oxygen atoms in total. The molecule has 2 aromatic carbocycles. The van der Waals surface area contributed by atoms with Crippen LogP contribution in [0.25, 0.3) is 0 Å². The highest BCUT2D eigenvalue weighted by atomic mass is 32.1. The lowest BCUT2D eigenvalue weighted by atomic mass is 9.93. The van der Waals surface area contributed by atoms with Crippen LogP contribution >= 0.6 is 11.3 Å². The normalized spacial score (nSPS) is 18.4. The van der Waals surface area contributed by atoms with Gasteiger partial charge in [-0.3, -0.25) is 14.5 Å². The van der Waals surface area contributed by atoms with Gasteiger partial charge >= 0.3 is 0 Å². The minimum Gasteiger partial charge on any atom is -0.339 e. The molecule has 0 saturated carbocycles. The zero-order chi connectivity index (χ0) is 24.2. The van der Waals surface area contributed by atoms with Crippen LogP contribution < -0.4 is 0 Å². The molecule has 1 fully saturated rings. The molecule has 0 aliphatic carbocycles. The third-order valence-corrected chi connectivity index (χ3v) is 8.04. The van der Waals surface area contributed by atoms with Crippen molar-refractivity contribution in [3.63, 3.8) is 0 Å². The molecule has 1 saturated heterocycles. The molecule has 0 N–H and O–H groups in total. The highest BCUT2D eigenvalue weighted by molar-refractivity contribution is 7.10. The summed E-state index contributed by atoms with van der Waals surface area (Å²) >= 11 is 1.83. The number of amides is 2. The average Bonchev–Trinajstić information content (AvgIpc) is 3.38. The fraction of sp³-hybridized carbons (Fsp3) is 0.357. The molecule has 2 aliphatic heterocycles. The molecule has 2 aliphatic rings. The van der Waals surface area contributed by atoms with E-state index in [9.17, 15) is 14.0 Å². The average molecular weight is 492 g/mol. The summed E-state index contributed by atoms with van der Waals surface area (Å²) in [4.78, 5) is 33.3. The predicted molar refractivity (Wildman–Crippen MR) is 136 cm³/mol. The van der Waals surface area contributed by atoms with Crippen molar-refractivity contribution in [3.05, 3.63) is 93.4 Å². The monoisotopic (exact) mass is 491 g/mol. The van der Waals surface area contributed by atoms with Gasteiger partial charge in [0.25, 0.3) is 0 Å². The third kappa shape index (κ3) is 5.46. The molecule has 0 radical (unpaired) electrons. The van der Waals surface area contributed by atoms with Gasteiger partial charge in [-0.1, -0.05) is 42.5 Å². The molecule has 1 aromatic heterocycles. The van der Waals surface area contributed by atoms with E-state index >= 15 is 0 Å². The minimum atomic E-state index is -0.302. The van der Waals surface area contributed by atoms with Crippen molar-refractivity contribution in [1.29, 1.82) is 0 Å². The zero-order valence-corrected chi connectivity index (χ0v) is 20.6. The van der Waals surface area contributed by atoms with Crippen LogP contribution in [-0.4, -0.2) is 65.8 Å². The van der Waals surface area contributed by atoms with Gasteiger partial charge in [-0.05, 0) is 46.7 Å². The number of carbonyl (C=O) groups is 2. The minimum absolute atomic E-state index is 0.0225. The summed E-state index contributed by atoms with van der Waals surface area (Å²) in [5.74, 6) is -0.128. The Labute approximate surface area is 209 Å². The van der Waals surface area contributed by atoms with Gasteiger partial charge in [-0.25, -0.2) is 4.39 Å². The number of carbonyl (C=O) groups excluding carboxylic acids is 2. The van der Waals surface area contributed by atoms with E-state index in [0.717, 1.165) is 25.1 Å². The first-order valence-corrected chi connectivity index (χ1v) is 13.1. The van der Waals surface area contributed by atoms with Crippen LogP contribution in [0.2, 0.25) is 0 Å². The van der Waals surface area contributed by atoms with Crippen molar-refractivity contribution in [1.82, 2.24) is 14.7 Å². The number of thiophene rings is 1. The van der Waals surface area contributed by atoms with Crippen LogP contribution in [0.3, 0.4) is 0 Å². The Hall–Kier alpha value is -3.03. The lowest BCUT2D eigenvalue weighted by Crippen LogP contribution is -2.51. The SMILES string of the molecule is O=C(CCN1CCc2sccc2[C@@H]1c1ccccc1)N1CCN(C(=O)Cc2ccc(F)cc2)CC1. The molecule has 5 rings (SSSR count). The number of halogens is 1. The van der Waals surface area contributed by atoms with Gasteiger partial charge in [0.2, 0.25) is 11.8 Å². The van der Waals surface area contributed by atoms with Crippen LogP contribution in [0.1, 0.15) is 34.0 Å². The first kappa shape index (κ1) is 23.7. The van der Waals surface area contributed by atoms with Crippen molar-refractivity contribution in [2.75, 3.05) is 39.3 Å². The maximum Gasteiger partial charge on any atom is 0.227 e. The van der Waals surface area contributed by atoms with E-state index in [2.05, 4.69) is 40.6 Å². The van der Waals surface area contributed by atoms with Crippen molar-refractivity contribution >= 4 is 23.2 Å². The highest BCUT2D eigenvalue weighted by Crippen LogP contribution is 2.37. The molecule has 0 bridgehead atoms. The largest absolute Gasteiger partial charge is 0.339 e. The van der Waals surface area contributed by atoms with E-state index in [1.165, 1.54) is 28.1 Å². The second-order valence-electron chi connectivity index (χ2n) is 9.21. The van der Waals surface area contributed by atoms with Crippen LogP contribution in [0.4, 0.5) is 4.39 Å². The molecule has 35 heavy (non-hydrogen) atoms. The van der Waals surface area contributed by atoms with E-state index in [0.29, 0.717) is 32.6 Å². The molecule has 0 unspecified atom stereocenters. The van der Waals surface area contributed by atoms with Crippen LogP contribution in [-0.2, 0) is 22.4 Å². The molecule has 3 heterocycles. The Bertz CT molecular complexity index is 1160. The van der Waals surface area contributed by atoms with E-state index < -0.39 is 0 Å². The zero-order valence-electron chi connectivity index (χ0n) is 19.7. The number of hydrogen-bond acceptors (Lipinski definition) is 4. The number of nitrogens with zero attached hydrogens (tertiary/aromatic N) is 3. The number of piperazine rings is 1. The Morgan fingerprint density at radius 3 is 2.26 bits per heavy atom. The summed E-state index contributed by atoms with van der Waals surface area (Å²) in [7, 11) is 0. The maximum atomic E-state index is 13.1. The predicted octanol–water partition coefficient (Wildman–Crippen LogP) is 4.14. The molecule has 0 spiro atoms. The second-order valence-corrected chi connectivity index (χ2v) is 10.2. The van der Waals surface area contributed by atoms with Crippen molar-refractivity contribution in [2.24, 2.45) is 0 Å². The number of hydrogen-bond donors (Lipinski definition) is 0. The van der Waals surface area contributed by atoms with Crippen molar-refractivity contribution < 1.29 is 14.0 Å². The molecular formula is C28H30FN3O2S.